The summed E-state index contributed by atoms with van der Waals surface area (Å²) in [6.45, 7) is 0.232. The predicted molar refractivity (Wildman–Crippen MR) is 137 cm³/mol. The fraction of sp³-hybridized carbons (Fsp3) is 0.0800. The van der Waals surface area contributed by atoms with E-state index in [0.29, 0.717) is 25.7 Å². The number of carbonyl (C=O) groups excluding carboxylic acids is 1. The van der Waals surface area contributed by atoms with Crippen LogP contribution in [-0.4, -0.2) is 24.1 Å². The van der Waals surface area contributed by atoms with Crippen LogP contribution in [0.15, 0.2) is 66.2 Å². The molecular formula is C25H18ClIN2O5. The van der Waals surface area contributed by atoms with E-state index in [4.69, 9.17) is 21.1 Å². The van der Waals surface area contributed by atoms with E-state index in [1.165, 1.54) is 25.3 Å². The Hall–Kier alpha value is -3.55. The summed E-state index contributed by atoms with van der Waals surface area (Å²) in [5, 5.41) is 21.9. The van der Waals surface area contributed by atoms with Gasteiger partial charge in [0.05, 0.1) is 21.9 Å². The summed E-state index contributed by atoms with van der Waals surface area (Å²) in [5.74, 6) is -1.01. The number of hydrogen-bond acceptors (Lipinski definition) is 5. The lowest BCUT2D eigenvalue weighted by Gasteiger charge is -2.14. The molecule has 9 heteroatoms. The number of nitriles is 1. The van der Waals surface area contributed by atoms with E-state index >= 15 is 0 Å². The van der Waals surface area contributed by atoms with Crippen LogP contribution in [0.5, 0.6) is 11.5 Å². The van der Waals surface area contributed by atoms with Gasteiger partial charge in [0.25, 0.3) is 5.91 Å². The molecule has 3 rings (SSSR count). The zero-order valence-electron chi connectivity index (χ0n) is 17.8. The Bertz CT molecular complexity index is 1320. The van der Waals surface area contributed by atoms with Crippen LogP contribution >= 0.6 is 34.2 Å². The minimum absolute atomic E-state index is 0.0793. The van der Waals surface area contributed by atoms with Gasteiger partial charge in [-0.15, -0.1) is 0 Å². The van der Waals surface area contributed by atoms with Gasteiger partial charge < -0.3 is 19.9 Å². The highest BCUT2D eigenvalue weighted by Crippen LogP contribution is 2.35. The smallest absolute Gasteiger partial charge is 0.337 e. The Labute approximate surface area is 214 Å². The molecule has 1 amide bonds. The zero-order valence-corrected chi connectivity index (χ0v) is 20.8. The first-order valence-electron chi connectivity index (χ1n) is 9.83. The normalized spacial score (nSPS) is 10.8. The van der Waals surface area contributed by atoms with E-state index in [9.17, 15) is 20.0 Å². The second-order valence-corrected chi connectivity index (χ2v) is 8.46. The Morgan fingerprint density at radius 2 is 1.88 bits per heavy atom. The number of para-hydroxylation sites is 1. The molecule has 0 saturated carbocycles. The zero-order chi connectivity index (χ0) is 24.7. The maximum atomic E-state index is 12.7. The van der Waals surface area contributed by atoms with Gasteiger partial charge in [0.15, 0.2) is 11.5 Å². The number of nitrogens with zero attached hydrogens (tertiary/aromatic N) is 1. The third-order valence-electron chi connectivity index (χ3n) is 4.66. The van der Waals surface area contributed by atoms with E-state index in [1.54, 1.807) is 30.3 Å². The van der Waals surface area contributed by atoms with Crippen LogP contribution in [0.3, 0.4) is 0 Å². The standard InChI is InChI=1S/C25H18ClIN2O5/c1-33-22-12-15(11-20(27)23(22)34-14-16-6-2-4-8-19(16)26)10-17(13-28)24(30)29-21-9-5-3-7-18(21)25(31)32/h2-12H,14H2,1H3,(H,29,30)(H,31,32)/b17-10+. The lowest BCUT2D eigenvalue weighted by molar-refractivity contribution is -0.112. The SMILES string of the molecule is COc1cc(/C=C(\C#N)C(=O)Nc2ccccc2C(=O)O)cc(I)c1OCc1ccccc1Cl. The lowest BCUT2D eigenvalue weighted by Crippen LogP contribution is -2.16. The molecule has 2 N–H and O–H groups in total. The van der Waals surface area contributed by atoms with Crippen LogP contribution in [0.1, 0.15) is 21.5 Å². The molecule has 34 heavy (non-hydrogen) atoms. The molecule has 172 valence electrons. The van der Waals surface area contributed by atoms with Crippen LogP contribution in [0.2, 0.25) is 5.02 Å². The maximum Gasteiger partial charge on any atom is 0.337 e. The highest BCUT2D eigenvalue weighted by Gasteiger charge is 2.17. The first-order valence-corrected chi connectivity index (χ1v) is 11.3. The molecule has 0 heterocycles. The minimum atomic E-state index is -1.19. The third kappa shape index (κ3) is 6.07. The van der Waals surface area contributed by atoms with E-state index in [1.807, 2.05) is 24.3 Å². The molecule has 0 saturated heterocycles. The second kappa shape index (κ2) is 11.5. The molecule has 0 aliphatic carbocycles. The molecule has 0 radical (unpaired) electrons. The highest BCUT2D eigenvalue weighted by atomic mass is 127. The highest BCUT2D eigenvalue weighted by molar-refractivity contribution is 14.1. The van der Waals surface area contributed by atoms with E-state index < -0.39 is 11.9 Å². The first kappa shape index (κ1) is 25.1. The number of halogens is 2. The number of amides is 1. The van der Waals surface area contributed by atoms with Gasteiger partial charge in [-0.2, -0.15) is 5.26 Å². The molecule has 0 spiro atoms. The topological polar surface area (TPSA) is 109 Å². The molecule has 0 bridgehead atoms. The quantitative estimate of drug-likeness (QED) is 0.196. The van der Waals surface area contributed by atoms with Crippen molar-refractivity contribution in [2.75, 3.05) is 12.4 Å². The van der Waals surface area contributed by atoms with Gasteiger partial charge in [0.2, 0.25) is 0 Å². The van der Waals surface area contributed by atoms with Crippen molar-refractivity contribution in [3.05, 3.63) is 91.5 Å². The van der Waals surface area contributed by atoms with E-state index in [0.717, 1.165) is 5.56 Å². The minimum Gasteiger partial charge on any atom is -0.493 e. The van der Waals surface area contributed by atoms with Crippen LogP contribution < -0.4 is 14.8 Å². The van der Waals surface area contributed by atoms with E-state index in [2.05, 4.69) is 27.9 Å². The number of ether oxygens (including phenoxy) is 2. The number of carboxylic acids is 1. The predicted octanol–water partition coefficient (Wildman–Crippen LogP) is 5.78. The molecule has 0 aromatic heterocycles. The van der Waals surface area contributed by atoms with Crippen molar-refractivity contribution in [2.24, 2.45) is 0 Å². The molecule has 3 aromatic rings. The summed E-state index contributed by atoms with van der Waals surface area (Å²) >= 11 is 8.27. The molecule has 0 aliphatic rings. The van der Waals surface area contributed by atoms with Gasteiger partial charge in [-0.3, -0.25) is 4.79 Å². The number of carboxylic acid groups (broad SMARTS) is 1. The van der Waals surface area contributed by atoms with Gasteiger partial charge in [-0.25, -0.2) is 4.79 Å². The summed E-state index contributed by atoms with van der Waals surface area (Å²) in [4.78, 5) is 24.0. The van der Waals surface area contributed by atoms with Gasteiger partial charge in [-0.1, -0.05) is 41.9 Å². The average Bonchev–Trinajstić information content (AvgIpc) is 2.82. The van der Waals surface area contributed by atoms with Crippen LogP contribution in [0.25, 0.3) is 6.08 Å². The number of benzene rings is 3. The number of anilines is 1. The summed E-state index contributed by atoms with van der Waals surface area (Å²) in [5.41, 5.74) is 1.16. The number of rotatable bonds is 8. The summed E-state index contributed by atoms with van der Waals surface area (Å²) < 4.78 is 12.1. The van der Waals surface area contributed by atoms with E-state index in [-0.39, 0.29) is 23.4 Å². The monoisotopic (exact) mass is 588 g/mol. The van der Waals surface area contributed by atoms with Crippen LogP contribution in [-0.2, 0) is 11.4 Å². The summed E-state index contributed by atoms with van der Waals surface area (Å²) in [7, 11) is 1.49. The molecule has 7 nitrogen and oxygen atoms in total. The Balaban J connectivity index is 1.85. The van der Waals surface area contributed by atoms with Crippen molar-refractivity contribution in [3.63, 3.8) is 0 Å². The summed E-state index contributed by atoms with van der Waals surface area (Å²) in [6, 6.07) is 18.5. The molecule has 0 unspecified atom stereocenters. The van der Waals surface area contributed by atoms with Crippen LogP contribution in [0.4, 0.5) is 5.69 Å². The Morgan fingerprint density at radius 1 is 1.18 bits per heavy atom. The fourth-order valence-electron chi connectivity index (χ4n) is 3.01. The van der Waals surface area contributed by atoms with Crippen molar-refractivity contribution in [1.29, 1.82) is 5.26 Å². The second-order valence-electron chi connectivity index (χ2n) is 6.89. The fourth-order valence-corrected chi connectivity index (χ4v) is 3.98. The number of carbonyl (C=O) groups is 2. The number of methoxy groups -OCH3 is 1. The van der Waals surface area contributed by atoms with Crippen molar-refractivity contribution in [1.82, 2.24) is 0 Å². The van der Waals surface area contributed by atoms with Gasteiger partial charge in [0, 0.05) is 10.6 Å². The third-order valence-corrected chi connectivity index (χ3v) is 5.83. The van der Waals surface area contributed by atoms with Gasteiger partial charge in [-0.05, 0) is 64.6 Å². The average molecular weight is 589 g/mol. The number of nitrogens with one attached hydrogen (secondary N) is 1. The first-order chi connectivity index (χ1) is 16.3. The number of hydrogen-bond donors (Lipinski definition) is 2. The van der Waals surface area contributed by atoms with Crippen molar-refractivity contribution in [3.8, 4) is 17.6 Å². The van der Waals surface area contributed by atoms with Crippen molar-refractivity contribution < 1.29 is 24.2 Å². The molecule has 0 aliphatic heterocycles. The van der Waals surface area contributed by atoms with Gasteiger partial charge >= 0.3 is 5.97 Å². The maximum absolute atomic E-state index is 12.7. The van der Waals surface area contributed by atoms with Crippen LogP contribution in [0, 0.1) is 14.9 Å². The molecule has 0 fully saturated rings. The Morgan fingerprint density at radius 3 is 2.56 bits per heavy atom. The molecular weight excluding hydrogens is 571 g/mol. The number of aromatic carboxylic acids is 1. The summed E-state index contributed by atoms with van der Waals surface area (Å²) in [6.07, 6.45) is 1.39. The largest absolute Gasteiger partial charge is 0.493 e. The van der Waals surface area contributed by atoms with Gasteiger partial charge in [0.1, 0.15) is 18.2 Å². The lowest BCUT2D eigenvalue weighted by atomic mass is 10.1. The molecule has 0 atom stereocenters. The Kier molecular flexibility index (Phi) is 8.51. The molecule has 3 aromatic carbocycles. The van der Waals surface area contributed by atoms with Crippen molar-refractivity contribution in [2.45, 2.75) is 6.61 Å². The van der Waals surface area contributed by atoms with Crippen molar-refractivity contribution >= 4 is 57.8 Å².